The number of rotatable bonds is 1. The summed E-state index contributed by atoms with van der Waals surface area (Å²) in [5.74, 6) is 0.790. The monoisotopic (exact) mass is 160 g/mol. The maximum Gasteiger partial charge on any atom is 1.00 e. The summed E-state index contributed by atoms with van der Waals surface area (Å²) in [6.07, 6.45) is 0. The average Bonchev–Trinajstić information content (AvgIpc) is 1.95. The van der Waals surface area contributed by atoms with E-state index in [9.17, 15) is 5.11 Å². The predicted molar refractivity (Wildman–Crippen MR) is 37.2 cm³/mol. The van der Waals surface area contributed by atoms with E-state index in [2.05, 4.69) is 0 Å². The molecule has 0 amide bonds. The van der Waals surface area contributed by atoms with E-state index in [1.54, 1.807) is 26.2 Å². The number of hydrogen-bond donors (Lipinski definition) is 0. The van der Waals surface area contributed by atoms with Crippen molar-refractivity contribution in [3.8, 4) is 11.5 Å². The van der Waals surface area contributed by atoms with Gasteiger partial charge in [0.05, 0.1) is 7.11 Å². The number of benzene rings is 1. The Kier molecular flexibility index (Phi) is 4.57. The SMILES string of the molecule is COc1ccc([O-])c(C)c1.[Na+]. The van der Waals surface area contributed by atoms with Gasteiger partial charge in [0.25, 0.3) is 0 Å². The van der Waals surface area contributed by atoms with Crippen LogP contribution in [0.1, 0.15) is 5.56 Å². The van der Waals surface area contributed by atoms with Crippen molar-refractivity contribution in [3.63, 3.8) is 0 Å². The first-order chi connectivity index (χ1) is 4.74. The van der Waals surface area contributed by atoms with E-state index in [-0.39, 0.29) is 35.3 Å². The summed E-state index contributed by atoms with van der Waals surface area (Å²) in [4.78, 5) is 0. The van der Waals surface area contributed by atoms with E-state index in [0.717, 1.165) is 11.3 Å². The molecule has 0 atom stereocenters. The first-order valence-electron chi connectivity index (χ1n) is 3.05. The van der Waals surface area contributed by atoms with Crippen LogP contribution in [0.3, 0.4) is 0 Å². The molecule has 0 unspecified atom stereocenters. The maximum atomic E-state index is 10.8. The van der Waals surface area contributed by atoms with E-state index in [4.69, 9.17) is 4.74 Å². The van der Waals surface area contributed by atoms with Gasteiger partial charge in [-0.25, -0.2) is 0 Å². The van der Waals surface area contributed by atoms with Crippen molar-refractivity contribution < 1.29 is 39.4 Å². The van der Waals surface area contributed by atoms with Crippen LogP contribution in [-0.4, -0.2) is 7.11 Å². The normalized spacial score (nSPS) is 8.55. The molecule has 1 aromatic rings. The Labute approximate surface area is 88.5 Å². The molecule has 0 fully saturated rings. The average molecular weight is 160 g/mol. The Morgan fingerprint density at radius 1 is 1.36 bits per heavy atom. The van der Waals surface area contributed by atoms with Gasteiger partial charge < -0.3 is 9.84 Å². The molecule has 0 aromatic heterocycles. The zero-order valence-corrected chi connectivity index (χ0v) is 9.05. The van der Waals surface area contributed by atoms with E-state index in [1.165, 1.54) is 6.07 Å². The van der Waals surface area contributed by atoms with E-state index in [0.29, 0.717) is 0 Å². The Morgan fingerprint density at radius 3 is 2.45 bits per heavy atom. The quantitative estimate of drug-likeness (QED) is 0.449. The summed E-state index contributed by atoms with van der Waals surface area (Å²) in [7, 11) is 1.58. The second-order valence-electron chi connectivity index (χ2n) is 2.13. The zero-order chi connectivity index (χ0) is 7.56. The van der Waals surface area contributed by atoms with Crippen LogP contribution in [0.2, 0.25) is 0 Å². The van der Waals surface area contributed by atoms with Gasteiger partial charge in [-0.2, -0.15) is 0 Å². The standard InChI is InChI=1S/C8H10O2.Na/c1-6-5-7(10-2)3-4-8(6)9;/h3-5,9H,1-2H3;/q;+1/p-1. The number of ether oxygens (including phenoxy) is 1. The fourth-order valence-corrected chi connectivity index (χ4v) is 0.749. The third-order valence-corrected chi connectivity index (χ3v) is 1.38. The Bertz CT molecular complexity index is 236. The third-order valence-electron chi connectivity index (χ3n) is 1.38. The summed E-state index contributed by atoms with van der Waals surface area (Å²) in [6.45, 7) is 1.77. The molecule has 0 saturated heterocycles. The first-order valence-corrected chi connectivity index (χ1v) is 3.05. The maximum absolute atomic E-state index is 10.8. The smallest absolute Gasteiger partial charge is 0.872 e. The molecule has 0 saturated carbocycles. The van der Waals surface area contributed by atoms with Gasteiger partial charge >= 0.3 is 29.6 Å². The van der Waals surface area contributed by atoms with Crippen LogP contribution in [0.15, 0.2) is 18.2 Å². The third kappa shape index (κ3) is 2.73. The molecule has 0 aliphatic heterocycles. The summed E-state index contributed by atoms with van der Waals surface area (Å²) < 4.78 is 4.91. The van der Waals surface area contributed by atoms with Crippen LogP contribution >= 0.6 is 0 Å². The van der Waals surface area contributed by atoms with Crippen molar-refractivity contribution >= 4 is 0 Å². The number of hydrogen-bond acceptors (Lipinski definition) is 2. The van der Waals surface area contributed by atoms with Gasteiger partial charge in [0.2, 0.25) is 0 Å². The van der Waals surface area contributed by atoms with Crippen LogP contribution in [0, 0.1) is 6.92 Å². The van der Waals surface area contributed by atoms with Crippen molar-refractivity contribution in [1.29, 1.82) is 0 Å². The molecular weight excluding hydrogens is 151 g/mol. The van der Waals surface area contributed by atoms with Gasteiger partial charge in [0.1, 0.15) is 5.75 Å². The molecule has 3 heteroatoms. The molecule has 0 aliphatic rings. The molecule has 0 aliphatic carbocycles. The molecule has 0 spiro atoms. The summed E-state index contributed by atoms with van der Waals surface area (Å²) >= 11 is 0. The minimum Gasteiger partial charge on any atom is -0.872 e. The molecule has 11 heavy (non-hydrogen) atoms. The van der Waals surface area contributed by atoms with Crippen LogP contribution in [-0.2, 0) is 0 Å². The fourth-order valence-electron chi connectivity index (χ4n) is 0.749. The summed E-state index contributed by atoms with van der Waals surface area (Å²) in [6, 6.07) is 4.89. The molecule has 0 bridgehead atoms. The molecule has 2 nitrogen and oxygen atoms in total. The second-order valence-corrected chi connectivity index (χ2v) is 2.13. The van der Waals surface area contributed by atoms with E-state index in [1.807, 2.05) is 0 Å². The molecule has 0 heterocycles. The van der Waals surface area contributed by atoms with Crippen LogP contribution in [0.5, 0.6) is 11.5 Å². The molecule has 1 rings (SSSR count). The van der Waals surface area contributed by atoms with E-state index < -0.39 is 0 Å². The topological polar surface area (TPSA) is 32.3 Å². The van der Waals surface area contributed by atoms with Gasteiger partial charge in [-0.05, 0) is 19.1 Å². The van der Waals surface area contributed by atoms with Gasteiger partial charge in [-0.3, -0.25) is 0 Å². The minimum absolute atomic E-state index is 0. The summed E-state index contributed by atoms with van der Waals surface area (Å²) in [5, 5.41) is 10.8. The molecule has 0 radical (unpaired) electrons. The first kappa shape index (κ1) is 10.8. The van der Waals surface area contributed by atoms with Gasteiger partial charge in [-0.1, -0.05) is 11.6 Å². The Balaban J connectivity index is 0.000001000. The minimum atomic E-state index is 0. The molecule has 0 N–H and O–H groups in total. The van der Waals surface area contributed by atoms with Gasteiger partial charge in [0.15, 0.2) is 0 Å². The summed E-state index contributed by atoms with van der Waals surface area (Å²) in [5.41, 5.74) is 0.722. The Morgan fingerprint density at radius 2 is 2.00 bits per heavy atom. The fraction of sp³-hybridized carbons (Fsp3) is 0.250. The second kappa shape index (κ2) is 4.65. The van der Waals surface area contributed by atoms with Crippen LogP contribution < -0.4 is 39.4 Å². The predicted octanol–water partition coefficient (Wildman–Crippen LogP) is -1.92. The van der Waals surface area contributed by atoms with Gasteiger partial charge in [-0.15, -0.1) is 5.75 Å². The zero-order valence-electron chi connectivity index (χ0n) is 7.05. The van der Waals surface area contributed by atoms with E-state index >= 15 is 0 Å². The number of aryl methyl sites for hydroxylation is 1. The molecule has 1 aromatic carbocycles. The van der Waals surface area contributed by atoms with Crippen molar-refractivity contribution in [2.45, 2.75) is 6.92 Å². The van der Waals surface area contributed by atoms with Crippen molar-refractivity contribution in [2.24, 2.45) is 0 Å². The number of methoxy groups -OCH3 is 1. The van der Waals surface area contributed by atoms with Crippen LogP contribution in [0.4, 0.5) is 0 Å². The Hall–Kier alpha value is -0.180. The van der Waals surface area contributed by atoms with Crippen molar-refractivity contribution in [2.75, 3.05) is 7.11 Å². The van der Waals surface area contributed by atoms with Crippen molar-refractivity contribution in [1.82, 2.24) is 0 Å². The molecule has 54 valence electrons. The van der Waals surface area contributed by atoms with Crippen LogP contribution in [0.25, 0.3) is 0 Å². The molecular formula is C8H9NaO2. The van der Waals surface area contributed by atoms with Gasteiger partial charge in [0, 0.05) is 0 Å². The largest absolute Gasteiger partial charge is 1.00 e. The van der Waals surface area contributed by atoms with Crippen molar-refractivity contribution in [3.05, 3.63) is 23.8 Å².